The third-order valence-electron chi connectivity index (χ3n) is 4.65. The van der Waals surface area contributed by atoms with E-state index in [9.17, 15) is 27.1 Å². The third kappa shape index (κ3) is 3.23. The Morgan fingerprint density at radius 2 is 1.69 bits per heavy atom. The van der Waals surface area contributed by atoms with Crippen LogP contribution in [0.2, 0.25) is 0 Å². The van der Waals surface area contributed by atoms with E-state index >= 15 is 0 Å². The molecule has 0 unspecified atom stereocenters. The molecule has 0 saturated heterocycles. The molecule has 29 heavy (non-hydrogen) atoms. The maximum atomic E-state index is 13.6. The van der Waals surface area contributed by atoms with Gasteiger partial charge in [0.25, 0.3) is 6.43 Å². The van der Waals surface area contributed by atoms with Crippen molar-refractivity contribution >= 4 is 37.5 Å². The number of hydrogen-bond donors (Lipinski definition) is 1. The Bertz CT molecular complexity index is 1380. The largest absolute Gasteiger partial charge is 0.478 e. The number of alkyl halides is 2. The van der Waals surface area contributed by atoms with Gasteiger partial charge >= 0.3 is 5.97 Å². The van der Waals surface area contributed by atoms with E-state index in [1.807, 2.05) is 0 Å². The molecule has 1 aromatic heterocycles. The second-order valence-electron chi connectivity index (χ2n) is 6.57. The number of sulfone groups is 1. The Kier molecular flexibility index (Phi) is 4.34. The molecule has 3 aromatic carbocycles. The zero-order valence-corrected chi connectivity index (χ0v) is 15.8. The van der Waals surface area contributed by atoms with Crippen LogP contribution in [0.1, 0.15) is 22.5 Å². The predicted molar refractivity (Wildman–Crippen MR) is 104 cm³/mol. The highest BCUT2D eigenvalue weighted by atomic mass is 32.2. The van der Waals surface area contributed by atoms with E-state index < -0.39 is 27.9 Å². The lowest BCUT2D eigenvalue weighted by molar-refractivity contribution is 0.0697. The minimum absolute atomic E-state index is 0.0782. The predicted octanol–water partition coefficient (Wildman–Crippen LogP) is 4.22. The van der Waals surface area contributed by atoms with Crippen molar-refractivity contribution in [3.05, 3.63) is 65.9 Å². The van der Waals surface area contributed by atoms with E-state index in [4.69, 9.17) is 0 Å². The lowest BCUT2D eigenvalue weighted by Crippen LogP contribution is -2.01. The molecule has 1 N–H and O–H groups in total. The summed E-state index contributed by atoms with van der Waals surface area (Å²) in [7, 11) is -3.41. The average molecular weight is 416 g/mol. The number of rotatable bonds is 4. The summed E-state index contributed by atoms with van der Waals surface area (Å²) in [4.78, 5) is 11.3. The lowest BCUT2D eigenvalue weighted by atomic mass is 10.0. The van der Waals surface area contributed by atoms with Gasteiger partial charge in [0.2, 0.25) is 0 Å². The number of fused-ring (bicyclic) bond motifs is 3. The maximum Gasteiger partial charge on any atom is 0.335 e. The standard InChI is InChI=1S/C20H14F2N2O4S/c1-29(27,28)14-6-4-13(5-7-14)24-18-15-8-3-12(20(25)26)10-11(15)2-9-16(18)17(23-24)19(21)22/h2-10,19H,1H3,(H,25,26). The van der Waals surface area contributed by atoms with Gasteiger partial charge in [-0.25, -0.2) is 26.7 Å². The summed E-state index contributed by atoms with van der Waals surface area (Å²) < 4.78 is 51.8. The van der Waals surface area contributed by atoms with Crippen LogP contribution in [0.15, 0.2) is 59.5 Å². The molecule has 0 aliphatic rings. The van der Waals surface area contributed by atoms with Gasteiger partial charge in [0.1, 0.15) is 5.69 Å². The molecule has 0 radical (unpaired) electrons. The van der Waals surface area contributed by atoms with Gasteiger partial charge < -0.3 is 5.11 Å². The van der Waals surface area contributed by atoms with Crippen LogP contribution >= 0.6 is 0 Å². The first-order valence-electron chi connectivity index (χ1n) is 8.44. The van der Waals surface area contributed by atoms with Crippen molar-refractivity contribution in [2.24, 2.45) is 0 Å². The monoisotopic (exact) mass is 416 g/mol. The van der Waals surface area contributed by atoms with Gasteiger partial charge in [-0.2, -0.15) is 5.10 Å². The highest BCUT2D eigenvalue weighted by Crippen LogP contribution is 2.34. The molecule has 0 atom stereocenters. The molecule has 0 spiro atoms. The van der Waals surface area contributed by atoms with Crippen molar-refractivity contribution in [1.82, 2.24) is 9.78 Å². The van der Waals surface area contributed by atoms with E-state index in [-0.39, 0.29) is 15.8 Å². The van der Waals surface area contributed by atoms with E-state index in [2.05, 4.69) is 5.10 Å². The first-order valence-corrected chi connectivity index (χ1v) is 10.3. The normalized spacial score (nSPS) is 12.1. The summed E-state index contributed by atoms with van der Waals surface area (Å²) in [6.07, 6.45) is -1.74. The molecule has 9 heteroatoms. The zero-order chi connectivity index (χ0) is 20.9. The zero-order valence-electron chi connectivity index (χ0n) is 15.0. The molecule has 148 valence electrons. The van der Waals surface area contributed by atoms with Gasteiger partial charge in [0.05, 0.1) is 21.7 Å². The van der Waals surface area contributed by atoms with Gasteiger partial charge in [-0.05, 0) is 41.8 Å². The Balaban J connectivity index is 2.03. The van der Waals surface area contributed by atoms with E-state index in [1.54, 1.807) is 12.1 Å². The first kappa shape index (κ1) is 19.0. The summed E-state index contributed by atoms with van der Waals surface area (Å²) in [6.45, 7) is 0. The first-order chi connectivity index (χ1) is 13.7. The Hall–Kier alpha value is -3.33. The SMILES string of the molecule is CS(=O)(=O)c1ccc(-n2nc(C(F)F)c3ccc4cc(C(=O)O)ccc4c32)cc1. The van der Waals surface area contributed by atoms with Crippen LogP contribution in [0, 0.1) is 0 Å². The molecule has 6 nitrogen and oxygen atoms in total. The summed E-state index contributed by atoms with van der Waals surface area (Å²) in [6, 6.07) is 13.2. The highest BCUT2D eigenvalue weighted by Gasteiger charge is 2.21. The molecule has 0 amide bonds. The van der Waals surface area contributed by atoms with Crippen LogP contribution in [0.25, 0.3) is 27.4 Å². The van der Waals surface area contributed by atoms with E-state index in [0.717, 1.165) is 6.26 Å². The summed E-state index contributed by atoms with van der Waals surface area (Å²) in [5.41, 5.74) is 0.469. The molecule has 4 rings (SSSR count). The van der Waals surface area contributed by atoms with Gasteiger partial charge in [-0.1, -0.05) is 18.2 Å². The maximum absolute atomic E-state index is 13.6. The number of carboxylic acids is 1. The summed E-state index contributed by atoms with van der Waals surface area (Å²) in [5.74, 6) is -1.09. The minimum atomic E-state index is -3.41. The fraction of sp³-hybridized carbons (Fsp3) is 0.100. The quantitative estimate of drug-likeness (QED) is 0.538. The fourth-order valence-corrected chi connectivity index (χ4v) is 3.91. The second-order valence-corrected chi connectivity index (χ2v) is 8.58. The van der Waals surface area contributed by atoms with Crippen LogP contribution in [-0.2, 0) is 9.84 Å². The van der Waals surface area contributed by atoms with Crippen LogP contribution in [0.4, 0.5) is 8.78 Å². The lowest BCUT2D eigenvalue weighted by Gasteiger charge is -2.08. The fourth-order valence-electron chi connectivity index (χ4n) is 3.28. The minimum Gasteiger partial charge on any atom is -0.478 e. The number of nitrogens with zero attached hydrogens (tertiary/aromatic N) is 2. The van der Waals surface area contributed by atoms with Crippen molar-refractivity contribution in [2.75, 3.05) is 6.26 Å². The van der Waals surface area contributed by atoms with E-state index in [0.29, 0.717) is 22.0 Å². The van der Waals surface area contributed by atoms with E-state index in [1.165, 1.54) is 47.1 Å². The van der Waals surface area contributed by atoms with Crippen molar-refractivity contribution < 1.29 is 27.1 Å². The molecule has 0 saturated carbocycles. The van der Waals surface area contributed by atoms with Crippen LogP contribution in [-0.4, -0.2) is 35.5 Å². The number of carboxylic acid groups (broad SMARTS) is 1. The van der Waals surface area contributed by atoms with Crippen molar-refractivity contribution in [2.45, 2.75) is 11.3 Å². The Morgan fingerprint density at radius 1 is 1.03 bits per heavy atom. The number of aromatic nitrogens is 2. The van der Waals surface area contributed by atoms with Crippen molar-refractivity contribution in [3.63, 3.8) is 0 Å². The summed E-state index contributed by atoms with van der Waals surface area (Å²) >= 11 is 0. The molecular weight excluding hydrogens is 402 g/mol. The Morgan fingerprint density at radius 3 is 2.28 bits per heavy atom. The van der Waals surface area contributed by atoms with Gasteiger partial charge in [0, 0.05) is 17.0 Å². The Labute approximate surface area is 163 Å². The number of aromatic carboxylic acids is 1. The molecule has 0 bridgehead atoms. The number of halogens is 2. The van der Waals surface area contributed by atoms with Gasteiger partial charge in [-0.3, -0.25) is 0 Å². The molecule has 4 aromatic rings. The van der Waals surface area contributed by atoms with Crippen molar-refractivity contribution in [3.8, 4) is 5.69 Å². The molecular formula is C20H14F2N2O4S. The third-order valence-corrected chi connectivity index (χ3v) is 5.78. The number of carbonyl (C=O) groups is 1. The van der Waals surface area contributed by atoms with Crippen molar-refractivity contribution in [1.29, 1.82) is 0 Å². The summed E-state index contributed by atoms with van der Waals surface area (Å²) in [5, 5.41) is 14.6. The second kappa shape index (κ2) is 6.63. The van der Waals surface area contributed by atoms with Crippen LogP contribution < -0.4 is 0 Å². The number of benzene rings is 3. The van der Waals surface area contributed by atoms with Gasteiger partial charge in [0.15, 0.2) is 9.84 Å². The topological polar surface area (TPSA) is 89.3 Å². The van der Waals surface area contributed by atoms with Gasteiger partial charge in [-0.15, -0.1) is 0 Å². The molecule has 0 aliphatic carbocycles. The van der Waals surface area contributed by atoms with Crippen LogP contribution in [0.5, 0.6) is 0 Å². The molecule has 0 aliphatic heterocycles. The molecule has 0 fully saturated rings. The van der Waals surface area contributed by atoms with Crippen LogP contribution in [0.3, 0.4) is 0 Å². The smallest absolute Gasteiger partial charge is 0.335 e. The number of hydrogen-bond acceptors (Lipinski definition) is 4. The molecule has 1 heterocycles. The highest BCUT2D eigenvalue weighted by molar-refractivity contribution is 7.90. The average Bonchev–Trinajstić information content (AvgIpc) is 3.07.